The fourth-order valence-electron chi connectivity index (χ4n) is 0. The molecule has 0 amide bonds. The Balaban J connectivity index is -0.0000000133. The van der Waals surface area contributed by atoms with Crippen LogP contribution in [0.2, 0.25) is 0 Å². The van der Waals surface area contributed by atoms with Gasteiger partial charge in [0.25, 0.3) is 0 Å². The molecule has 0 aromatic carbocycles. The molecule has 0 N–H and O–H groups in total. The predicted octanol–water partition coefficient (Wildman–Crippen LogP) is -2.29. The Morgan fingerprint density at radius 3 is 1.20 bits per heavy atom. The topological polar surface area (TPSA) is 0 Å². The van der Waals surface area contributed by atoms with Crippen LogP contribution >= 0.6 is 12.6 Å². The minimum atomic E-state index is 0. The maximum absolute atomic E-state index is 4.08. The first-order chi connectivity index (χ1) is 2.00. The normalized spacial score (nSPS) is 2.40. The summed E-state index contributed by atoms with van der Waals surface area (Å²) in [6.45, 7) is 0. The zero-order chi connectivity index (χ0) is 4.00. The Bertz CT molecular complexity index is 7.61. The molecule has 0 atom stereocenters. The van der Waals surface area contributed by atoms with Crippen molar-refractivity contribution in [2.75, 3.05) is 12.5 Å². The number of hydrogen-bond donors (Lipinski definition) is 1. The van der Waals surface area contributed by atoms with Crippen LogP contribution in [0.3, 0.4) is 0 Å². The summed E-state index contributed by atoms with van der Waals surface area (Å²) in [6.07, 6.45) is 3.28. The van der Waals surface area contributed by atoms with Crippen molar-refractivity contribution in [2.45, 2.75) is 0 Å². The summed E-state index contributed by atoms with van der Waals surface area (Å²) in [4.78, 5) is 0. The van der Waals surface area contributed by atoms with E-state index in [1.807, 2.05) is 0 Å². The predicted molar refractivity (Wildman–Crippen MR) is 28.2 cm³/mol. The molecule has 0 aliphatic heterocycles. The van der Waals surface area contributed by atoms with Gasteiger partial charge >= 0.3 is 29.6 Å². The van der Waals surface area contributed by atoms with Crippen molar-refractivity contribution in [1.29, 1.82) is 0 Å². The third-order valence-corrected chi connectivity index (χ3v) is 0. The Labute approximate surface area is 66.8 Å². The zero-order valence-corrected chi connectivity index (χ0v) is 7.57. The molecule has 3 heteroatoms. The van der Waals surface area contributed by atoms with Crippen LogP contribution in [0.25, 0.3) is 0 Å². The Hall–Kier alpha value is 1.70. The van der Waals surface area contributed by atoms with Crippen molar-refractivity contribution >= 4 is 25.3 Å². The van der Waals surface area contributed by atoms with Crippen molar-refractivity contribution in [3.63, 3.8) is 0 Å². The number of hydrogen-bond acceptors (Lipinski definition) is 2. The minimum Gasteiger partial charge on any atom is -0.796 e. The average Bonchev–Trinajstić information content (AvgIpc) is 1.50. The fourth-order valence-corrected chi connectivity index (χ4v) is 0. The third-order valence-electron chi connectivity index (χ3n) is 0. The van der Waals surface area contributed by atoms with Crippen LogP contribution < -0.4 is 29.6 Å². The molecule has 0 heterocycles. The first kappa shape index (κ1) is 15.9. The second-order valence-corrected chi connectivity index (χ2v) is 0. The molecule has 0 unspecified atom stereocenters. The molecule has 0 nitrogen and oxygen atoms in total. The summed E-state index contributed by atoms with van der Waals surface area (Å²) in [5.41, 5.74) is 0. The third kappa shape index (κ3) is 27.0. The van der Waals surface area contributed by atoms with Gasteiger partial charge in [0.15, 0.2) is 0 Å². The van der Waals surface area contributed by atoms with Crippen molar-refractivity contribution in [2.24, 2.45) is 0 Å². The van der Waals surface area contributed by atoms with E-state index >= 15 is 0 Å². The first-order valence-electron chi connectivity index (χ1n) is 0.855. The van der Waals surface area contributed by atoms with Gasteiger partial charge in [-0.05, 0) is 6.26 Å². The van der Waals surface area contributed by atoms with E-state index in [1.54, 1.807) is 12.5 Å². The molecule has 0 rings (SSSR count). The van der Waals surface area contributed by atoms with Gasteiger partial charge in [0, 0.05) is 0 Å². The van der Waals surface area contributed by atoms with E-state index in [1.165, 1.54) is 0 Å². The first-order valence-corrected chi connectivity index (χ1v) is 2.57. The molecule has 0 aromatic rings. The summed E-state index contributed by atoms with van der Waals surface area (Å²) in [5, 5.41) is 0. The van der Waals surface area contributed by atoms with E-state index in [0.717, 1.165) is 0 Å². The standard InChI is InChI=1S/2CH4S.Na/c2*1-2;/h2*2H,1H3;/q;;+1/p-1. The fraction of sp³-hybridized carbons (Fsp3) is 1.00. The summed E-state index contributed by atoms with van der Waals surface area (Å²) in [5.74, 6) is 0. The molecular weight excluding hydrogens is 111 g/mol. The Kier molecular flexibility index (Phi) is 139. The van der Waals surface area contributed by atoms with Gasteiger partial charge < -0.3 is 12.6 Å². The van der Waals surface area contributed by atoms with Gasteiger partial charge in [0.1, 0.15) is 0 Å². The van der Waals surface area contributed by atoms with E-state index in [0.29, 0.717) is 0 Å². The second-order valence-electron chi connectivity index (χ2n) is 0. The van der Waals surface area contributed by atoms with E-state index in [9.17, 15) is 0 Å². The Morgan fingerprint density at radius 1 is 1.20 bits per heavy atom. The van der Waals surface area contributed by atoms with Crippen molar-refractivity contribution in [3.8, 4) is 0 Å². The molecule has 0 aliphatic carbocycles. The smallest absolute Gasteiger partial charge is 0.796 e. The maximum atomic E-state index is 4.08. The van der Waals surface area contributed by atoms with E-state index < -0.39 is 0 Å². The largest absolute Gasteiger partial charge is 1.00 e. The molecular formula is C2H7NaS2. The molecule has 0 saturated heterocycles. The SMILES string of the molecule is CS.C[S-].[Na+]. The molecule has 0 spiro atoms. The summed E-state index contributed by atoms with van der Waals surface area (Å²) < 4.78 is 0. The van der Waals surface area contributed by atoms with Gasteiger partial charge in [-0.3, -0.25) is 0 Å². The van der Waals surface area contributed by atoms with Crippen LogP contribution in [0.5, 0.6) is 0 Å². The number of thiol groups is 1. The van der Waals surface area contributed by atoms with E-state index in [2.05, 4.69) is 25.3 Å². The molecule has 5 heavy (non-hydrogen) atoms. The second kappa shape index (κ2) is 43.6. The zero-order valence-electron chi connectivity index (χ0n) is 3.86. The molecule has 28 valence electrons. The van der Waals surface area contributed by atoms with Gasteiger partial charge in [0.2, 0.25) is 0 Å². The monoisotopic (exact) mass is 118 g/mol. The van der Waals surface area contributed by atoms with Gasteiger partial charge in [-0.25, -0.2) is 0 Å². The van der Waals surface area contributed by atoms with E-state index in [-0.39, 0.29) is 29.6 Å². The molecule has 0 fully saturated rings. The molecule has 0 aromatic heterocycles. The van der Waals surface area contributed by atoms with Crippen LogP contribution in [0.1, 0.15) is 0 Å². The van der Waals surface area contributed by atoms with Gasteiger partial charge in [-0.15, -0.1) is 0 Å². The van der Waals surface area contributed by atoms with Crippen molar-refractivity contribution in [1.82, 2.24) is 0 Å². The summed E-state index contributed by atoms with van der Waals surface area (Å²) in [7, 11) is 0. The maximum Gasteiger partial charge on any atom is 1.00 e. The average molecular weight is 118 g/mol. The number of rotatable bonds is 0. The van der Waals surface area contributed by atoms with Crippen molar-refractivity contribution in [3.05, 3.63) is 0 Å². The molecule has 0 saturated carbocycles. The van der Waals surface area contributed by atoms with Crippen molar-refractivity contribution < 1.29 is 29.6 Å². The Morgan fingerprint density at radius 2 is 1.20 bits per heavy atom. The van der Waals surface area contributed by atoms with Crippen LogP contribution in [0.4, 0.5) is 0 Å². The van der Waals surface area contributed by atoms with Gasteiger partial charge in [0.05, 0.1) is 0 Å². The molecule has 0 radical (unpaired) electrons. The van der Waals surface area contributed by atoms with Crippen LogP contribution in [-0.4, -0.2) is 12.5 Å². The summed E-state index contributed by atoms with van der Waals surface area (Å²) >= 11 is 7.61. The van der Waals surface area contributed by atoms with Crippen LogP contribution in [-0.2, 0) is 12.6 Å². The van der Waals surface area contributed by atoms with Crippen LogP contribution in [0.15, 0.2) is 0 Å². The van der Waals surface area contributed by atoms with Gasteiger partial charge in [-0.2, -0.15) is 18.9 Å². The van der Waals surface area contributed by atoms with Crippen LogP contribution in [0, 0.1) is 0 Å². The molecule has 0 aliphatic rings. The van der Waals surface area contributed by atoms with E-state index in [4.69, 9.17) is 0 Å². The minimum absolute atomic E-state index is 0. The van der Waals surface area contributed by atoms with Gasteiger partial charge in [-0.1, -0.05) is 0 Å². The quantitative estimate of drug-likeness (QED) is 0.212. The summed E-state index contributed by atoms with van der Waals surface area (Å²) in [6, 6.07) is 0. The molecule has 0 bridgehead atoms.